The summed E-state index contributed by atoms with van der Waals surface area (Å²) in [6.45, 7) is 4.62. The van der Waals surface area contributed by atoms with Gasteiger partial charge in [0.05, 0.1) is 23.4 Å². The summed E-state index contributed by atoms with van der Waals surface area (Å²) >= 11 is 1.56. The molecule has 0 amide bonds. The Morgan fingerprint density at radius 3 is 2.81 bits per heavy atom. The van der Waals surface area contributed by atoms with Crippen LogP contribution in [-0.4, -0.2) is 60.4 Å². The van der Waals surface area contributed by atoms with Crippen molar-refractivity contribution in [1.29, 1.82) is 0 Å². The number of nitrogens with one attached hydrogen (secondary N) is 3. The molecule has 6 rings (SSSR count). The highest BCUT2D eigenvalue weighted by atomic mass is 32.1. The number of H-pyrrole nitrogens is 1. The Labute approximate surface area is 190 Å². The highest BCUT2D eigenvalue weighted by Gasteiger charge is 2.26. The molecular weight excluding hydrogens is 424 g/mol. The lowest BCUT2D eigenvalue weighted by molar-refractivity contribution is 0.122. The maximum Gasteiger partial charge on any atom is 0.264 e. The van der Waals surface area contributed by atoms with Crippen LogP contribution in [0.15, 0.2) is 23.0 Å². The van der Waals surface area contributed by atoms with Crippen molar-refractivity contribution >= 4 is 33.3 Å². The molecule has 3 N–H and O–H groups in total. The summed E-state index contributed by atoms with van der Waals surface area (Å²) in [5, 5.41) is 7.73. The number of benzene rings is 1. The third-order valence-electron chi connectivity index (χ3n) is 6.53. The number of morpholine rings is 1. The predicted octanol–water partition coefficient (Wildman–Crippen LogP) is 2.92. The van der Waals surface area contributed by atoms with Crippen LogP contribution < -0.4 is 21.1 Å². The van der Waals surface area contributed by atoms with E-state index in [2.05, 4.69) is 38.7 Å². The summed E-state index contributed by atoms with van der Waals surface area (Å²) in [5.74, 6) is 1.91. The number of nitrogens with zero attached hydrogens (tertiary/aromatic N) is 3. The number of fused-ring (bicyclic) bond motifs is 1. The van der Waals surface area contributed by atoms with Gasteiger partial charge in [-0.2, -0.15) is 4.98 Å². The standard InChI is InChI=1S/C23H28N6O2S/c30-21-19(22-26-17-12-15(14-3-4-14)5-6-18(17)32-22)20(25-16-2-1-7-24-13-16)27-23(28-21)29-8-10-31-11-9-29/h5-6,12,14,16,24H,1-4,7-11,13H2,(H2,25,27,28,30). The van der Waals surface area contributed by atoms with E-state index in [1.807, 2.05) is 0 Å². The molecule has 3 fully saturated rings. The molecule has 1 unspecified atom stereocenters. The second-order valence-corrected chi connectivity index (χ2v) is 9.95. The van der Waals surface area contributed by atoms with Gasteiger partial charge in [-0.1, -0.05) is 6.07 Å². The van der Waals surface area contributed by atoms with Crippen LogP contribution in [0.1, 0.15) is 37.2 Å². The van der Waals surface area contributed by atoms with Gasteiger partial charge in [-0.25, -0.2) is 4.98 Å². The van der Waals surface area contributed by atoms with Gasteiger partial charge in [-0.15, -0.1) is 11.3 Å². The molecule has 8 nitrogen and oxygen atoms in total. The Balaban J connectivity index is 1.41. The first-order valence-corrected chi connectivity index (χ1v) is 12.4. The Bertz CT molecular complexity index is 1170. The van der Waals surface area contributed by atoms with Crippen molar-refractivity contribution in [3.63, 3.8) is 0 Å². The predicted molar refractivity (Wildman–Crippen MR) is 128 cm³/mol. The summed E-state index contributed by atoms with van der Waals surface area (Å²) in [5.41, 5.74) is 2.73. The van der Waals surface area contributed by atoms with Crippen LogP contribution in [0.25, 0.3) is 20.8 Å². The third kappa shape index (κ3) is 4.00. The Morgan fingerprint density at radius 1 is 1.16 bits per heavy atom. The molecule has 0 spiro atoms. The van der Waals surface area contributed by atoms with Crippen molar-refractivity contribution in [3.05, 3.63) is 34.1 Å². The highest BCUT2D eigenvalue weighted by molar-refractivity contribution is 7.21. The number of thiazole rings is 1. The highest BCUT2D eigenvalue weighted by Crippen LogP contribution is 2.42. The summed E-state index contributed by atoms with van der Waals surface area (Å²) in [6, 6.07) is 6.78. The number of hydrogen-bond acceptors (Lipinski definition) is 8. The Hall–Kier alpha value is -2.49. The van der Waals surface area contributed by atoms with Gasteiger partial charge in [-0.05, 0) is 55.8 Å². The number of aromatic amines is 1. The van der Waals surface area contributed by atoms with Crippen molar-refractivity contribution in [2.24, 2.45) is 0 Å². The van der Waals surface area contributed by atoms with Crippen molar-refractivity contribution in [2.75, 3.05) is 49.6 Å². The van der Waals surface area contributed by atoms with Gasteiger partial charge in [0.1, 0.15) is 16.4 Å². The fraction of sp³-hybridized carbons (Fsp3) is 0.522. The van der Waals surface area contributed by atoms with E-state index in [1.165, 1.54) is 18.4 Å². The number of rotatable bonds is 5. The average Bonchev–Trinajstić information content (AvgIpc) is 3.59. The van der Waals surface area contributed by atoms with Gasteiger partial charge in [0.2, 0.25) is 5.95 Å². The van der Waals surface area contributed by atoms with E-state index in [0.717, 1.165) is 54.2 Å². The number of ether oxygens (including phenoxy) is 1. The van der Waals surface area contributed by atoms with E-state index in [0.29, 0.717) is 36.5 Å². The molecule has 1 saturated carbocycles. The Kier molecular flexibility index (Phi) is 5.32. The molecule has 3 aromatic rings. The zero-order chi connectivity index (χ0) is 21.5. The minimum absolute atomic E-state index is 0.144. The summed E-state index contributed by atoms with van der Waals surface area (Å²) in [6.07, 6.45) is 4.69. The van der Waals surface area contributed by atoms with Crippen molar-refractivity contribution in [2.45, 2.75) is 37.6 Å². The maximum absolute atomic E-state index is 13.4. The van der Waals surface area contributed by atoms with E-state index in [-0.39, 0.29) is 11.6 Å². The zero-order valence-corrected chi connectivity index (χ0v) is 18.8. The molecule has 2 aliphatic heterocycles. The number of aromatic nitrogens is 3. The van der Waals surface area contributed by atoms with Crippen LogP contribution in [0.3, 0.4) is 0 Å². The van der Waals surface area contributed by atoms with Gasteiger partial charge in [0.25, 0.3) is 5.56 Å². The average molecular weight is 453 g/mol. The quantitative estimate of drug-likeness (QED) is 0.548. The maximum atomic E-state index is 13.4. The SMILES string of the molecule is O=c1[nH]c(N2CCOCC2)nc(NC2CCCNC2)c1-c1nc2cc(C3CC3)ccc2s1. The molecule has 1 atom stereocenters. The fourth-order valence-electron chi connectivity index (χ4n) is 4.58. The third-order valence-corrected chi connectivity index (χ3v) is 7.58. The van der Waals surface area contributed by atoms with E-state index < -0.39 is 0 Å². The molecule has 1 aromatic carbocycles. The Morgan fingerprint density at radius 2 is 2.03 bits per heavy atom. The molecule has 2 aromatic heterocycles. The molecule has 32 heavy (non-hydrogen) atoms. The monoisotopic (exact) mass is 452 g/mol. The van der Waals surface area contributed by atoms with Crippen LogP contribution in [-0.2, 0) is 4.74 Å². The van der Waals surface area contributed by atoms with Crippen molar-refractivity contribution in [3.8, 4) is 10.6 Å². The largest absolute Gasteiger partial charge is 0.378 e. The molecule has 4 heterocycles. The van der Waals surface area contributed by atoms with E-state index in [9.17, 15) is 4.79 Å². The number of piperidine rings is 1. The minimum Gasteiger partial charge on any atom is -0.378 e. The molecule has 168 valence electrons. The molecule has 1 aliphatic carbocycles. The van der Waals surface area contributed by atoms with E-state index >= 15 is 0 Å². The minimum atomic E-state index is -0.144. The molecule has 9 heteroatoms. The van der Waals surface area contributed by atoms with E-state index in [1.54, 1.807) is 11.3 Å². The van der Waals surface area contributed by atoms with E-state index in [4.69, 9.17) is 14.7 Å². The molecular formula is C23H28N6O2S. The molecule has 0 radical (unpaired) electrons. The molecule has 3 aliphatic rings. The molecule has 0 bridgehead atoms. The van der Waals surface area contributed by atoms with Crippen LogP contribution >= 0.6 is 11.3 Å². The summed E-state index contributed by atoms with van der Waals surface area (Å²) in [7, 11) is 0. The summed E-state index contributed by atoms with van der Waals surface area (Å²) in [4.78, 5) is 28.2. The topological polar surface area (TPSA) is 95.2 Å². The fourth-order valence-corrected chi connectivity index (χ4v) is 5.57. The lowest BCUT2D eigenvalue weighted by Gasteiger charge is -2.29. The van der Waals surface area contributed by atoms with Crippen LogP contribution in [0.4, 0.5) is 11.8 Å². The van der Waals surface area contributed by atoms with Gasteiger partial charge >= 0.3 is 0 Å². The van der Waals surface area contributed by atoms with Crippen LogP contribution in [0, 0.1) is 0 Å². The van der Waals surface area contributed by atoms with Crippen LogP contribution in [0.5, 0.6) is 0 Å². The van der Waals surface area contributed by atoms with Gasteiger partial charge in [0.15, 0.2) is 0 Å². The van der Waals surface area contributed by atoms with Crippen LogP contribution in [0.2, 0.25) is 0 Å². The first-order chi connectivity index (χ1) is 15.7. The first kappa shape index (κ1) is 20.1. The lowest BCUT2D eigenvalue weighted by Crippen LogP contribution is -2.40. The number of anilines is 2. The summed E-state index contributed by atoms with van der Waals surface area (Å²) < 4.78 is 6.57. The van der Waals surface area contributed by atoms with Gasteiger partial charge in [-0.3, -0.25) is 9.78 Å². The van der Waals surface area contributed by atoms with Gasteiger partial charge in [0, 0.05) is 25.7 Å². The zero-order valence-electron chi connectivity index (χ0n) is 18.0. The lowest BCUT2D eigenvalue weighted by atomic mass is 10.1. The number of hydrogen-bond donors (Lipinski definition) is 3. The first-order valence-electron chi connectivity index (χ1n) is 11.6. The van der Waals surface area contributed by atoms with Crippen molar-refractivity contribution < 1.29 is 4.74 Å². The molecule has 2 saturated heterocycles. The van der Waals surface area contributed by atoms with Crippen molar-refractivity contribution in [1.82, 2.24) is 20.3 Å². The normalized spacial score (nSPS) is 21.8. The smallest absolute Gasteiger partial charge is 0.264 e. The second-order valence-electron chi connectivity index (χ2n) is 8.92. The van der Waals surface area contributed by atoms with Gasteiger partial charge < -0.3 is 20.3 Å². The second kappa shape index (κ2) is 8.46.